The maximum absolute atomic E-state index is 12.6. The van der Waals surface area contributed by atoms with Gasteiger partial charge in [0.2, 0.25) is 0 Å². The zero-order valence-electron chi connectivity index (χ0n) is 11.8. The van der Waals surface area contributed by atoms with Gasteiger partial charge in [0.15, 0.2) is 0 Å². The fraction of sp³-hybridized carbons (Fsp3) is 0.714. The molecule has 0 bridgehead atoms. The summed E-state index contributed by atoms with van der Waals surface area (Å²) in [5, 5.41) is 7.04. The van der Waals surface area contributed by atoms with E-state index in [2.05, 4.69) is 15.1 Å². The number of amides is 1. The smallest absolute Gasteiger partial charge is 0.257 e. The summed E-state index contributed by atoms with van der Waals surface area (Å²) in [5.41, 5.74) is 2.46. The standard InChI is InChI=1S/C14H22N4O/c1-10-13(11(2)16-15-10)14(19)18-8-7-17-6-4-3-5-12(17)9-18/h12H,3-9H2,1-2H3,(H,15,16). The number of rotatable bonds is 1. The number of fused-ring (bicyclic) bond motifs is 1. The SMILES string of the molecule is Cc1n[nH]c(C)c1C(=O)N1CCN2CCCCC2C1. The third kappa shape index (κ3) is 2.27. The maximum atomic E-state index is 12.6. The van der Waals surface area contributed by atoms with Crippen LogP contribution in [0, 0.1) is 13.8 Å². The Morgan fingerprint density at radius 3 is 2.84 bits per heavy atom. The van der Waals surface area contributed by atoms with Gasteiger partial charge in [0, 0.05) is 31.4 Å². The van der Waals surface area contributed by atoms with E-state index in [1.54, 1.807) is 0 Å². The van der Waals surface area contributed by atoms with Crippen molar-refractivity contribution in [1.82, 2.24) is 20.0 Å². The minimum Gasteiger partial charge on any atom is -0.336 e. The number of aromatic amines is 1. The largest absolute Gasteiger partial charge is 0.336 e. The highest BCUT2D eigenvalue weighted by molar-refractivity contribution is 5.96. The molecular weight excluding hydrogens is 240 g/mol. The third-order valence-electron chi connectivity index (χ3n) is 4.47. The number of aryl methyl sites for hydroxylation is 2. The van der Waals surface area contributed by atoms with Crippen LogP contribution in [0.25, 0.3) is 0 Å². The van der Waals surface area contributed by atoms with Crippen molar-refractivity contribution < 1.29 is 4.79 Å². The van der Waals surface area contributed by atoms with Gasteiger partial charge >= 0.3 is 0 Å². The molecule has 104 valence electrons. The second kappa shape index (κ2) is 4.96. The van der Waals surface area contributed by atoms with E-state index >= 15 is 0 Å². The van der Waals surface area contributed by atoms with Crippen molar-refractivity contribution in [3.8, 4) is 0 Å². The van der Waals surface area contributed by atoms with Crippen LogP contribution < -0.4 is 0 Å². The maximum Gasteiger partial charge on any atom is 0.257 e. The second-order valence-corrected chi connectivity index (χ2v) is 5.75. The molecule has 1 aromatic rings. The first-order valence-electron chi connectivity index (χ1n) is 7.21. The van der Waals surface area contributed by atoms with Gasteiger partial charge in [-0.2, -0.15) is 5.10 Å². The van der Waals surface area contributed by atoms with E-state index in [0.29, 0.717) is 6.04 Å². The number of nitrogens with one attached hydrogen (secondary N) is 1. The van der Waals surface area contributed by atoms with E-state index in [9.17, 15) is 4.79 Å². The molecule has 2 fully saturated rings. The normalized spacial score (nSPS) is 24.3. The van der Waals surface area contributed by atoms with Crippen molar-refractivity contribution in [3.63, 3.8) is 0 Å². The van der Waals surface area contributed by atoms with Crippen molar-refractivity contribution in [2.75, 3.05) is 26.2 Å². The summed E-state index contributed by atoms with van der Waals surface area (Å²) in [6.45, 7) is 7.77. The van der Waals surface area contributed by atoms with Crippen LogP contribution in [0.1, 0.15) is 41.0 Å². The number of H-pyrrole nitrogens is 1. The van der Waals surface area contributed by atoms with E-state index in [-0.39, 0.29) is 5.91 Å². The molecule has 5 heteroatoms. The Kier molecular flexibility index (Phi) is 3.31. The zero-order chi connectivity index (χ0) is 13.4. The third-order valence-corrected chi connectivity index (χ3v) is 4.47. The summed E-state index contributed by atoms with van der Waals surface area (Å²) in [6.07, 6.45) is 3.84. The van der Waals surface area contributed by atoms with Gasteiger partial charge in [-0.05, 0) is 33.2 Å². The minimum absolute atomic E-state index is 0.147. The highest BCUT2D eigenvalue weighted by Crippen LogP contribution is 2.23. The summed E-state index contributed by atoms with van der Waals surface area (Å²) >= 11 is 0. The fourth-order valence-electron chi connectivity index (χ4n) is 3.36. The Morgan fingerprint density at radius 1 is 1.26 bits per heavy atom. The van der Waals surface area contributed by atoms with Crippen LogP contribution in [0.3, 0.4) is 0 Å². The Bertz CT molecular complexity index is 462. The Morgan fingerprint density at radius 2 is 2.11 bits per heavy atom. The average Bonchev–Trinajstić information content (AvgIpc) is 2.77. The lowest BCUT2D eigenvalue weighted by Gasteiger charge is -2.44. The molecule has 19 heavy (non-hydrogen) atoms. The van der Waals surface area contributed by atoms with E-state index in [1.165, 1.54) is 25.8 Å². The average molecular weight is 262 g/mol. The number of hydrogen-bond donors (Lipinski definition) is 1. The Balaban J connectivity index is 1.74. The monoisotopic (exact) mass is 262 g/mol. The highest BCUT2D eigenvalue weighted by atomic mass is 16.2. The molecule has 0 saturated carbocycles. The number of piperidine rings is 1. The first-order chi connectivity index (χ1) is 9.16. The molecule has 1 aromatic heterocycles. The first kappa shape index (κ1) is 12.7. The Labute approximate surface area is 114 Å². The lowest BCUT2D eigenvalue weighted by Crippen LogP contribution is -2.56. The summed E-state index contributed by atoms with van der Waals surface area (Å²) in [4.78, 5) is 17.2. The topological polar surface area (TPSA) is 52.2 Å². The van der Waals surface area contributed by atoms with Crippen LogP contribution >= 0.6 is 0 Å². The molecule has 0 aromatic carbocycles. The quantitative estimate of drug-likeness (QED) is 0.831. The molecule has 1 N–H and O–H groups in total. The number of hydrogen-bond acceptors (Lipinski definition) is 3. The molecule has 2 aliphatic heterocycles. The van der Waals surface area contributed by atoms with Crippen molar-refractivity contribution >= 4 is 5.91 Å². The lowest BCUT2D eigenvalue weighted by atomic mass is 9.99. The van der Waals surface area contributed by atoms with Gasteiger partial charge in [-0.15, -0.1) is 0 Å². The first-order valence-corrected chi connectivity index (χ1v) is 7.21. The van der Waals surface area contributed by atoms with Crippen LogP contribution in [0.2, 0.25) is 0 Å². The molecule has 1 amide bonds. The molecular formula is C14H22N4O. The van der Waals surface area contributed by atoms with Crippen molar-refractivity contribution in [2.45, 2.75) is 39.2 Å². The van der Waals surface area contributed by atoms with Gasteiger partial charge in [0.05, 0.1) is 11.3 Å². The van der Waals surface area contributed by atoms with Crippen LogP contribution in [0.4, 0.5) is 0 Å². The highest BCUT2D eigenvalue weighted by Gasteiger charge is 2.32. The number of piperazine rings is 1. The van der Waals surface area contributed by atoms with Gasteiger partial charge in [0.25, 0.3) is 5.91 Å². The summed E-state index contributed by atoms with van der Waals surface area (Å²) in [6, 6.07) is 0.568. The molecule has 2 saturated heterocycles. The summed E-state index contributed by atoms with van der Waals surface area (Å²) in [5.74, 6) is 0.147. The number of nitrogens with zero attached hydrogens (tertiary/aromatic N) is 3. The second-order valence-electron chi connectivity index (χ2n) is 5.75. The number of carbonyl (C=O) groups is 1. The predicted octanol–water partition coefficient (Wildman–Crippen LogP) is 1.34. The van der Waals surface area contributed by atoms with E-state index < -0.39 is 0 Å². The van der Waals surface area contributed by atoms with Crippen LogP contribution in [-0.2, 0) is 0 Å². The molecule has 2 aliphatic rings. The van der Waals surface area contributed by atoms with Gasteiger partial charge in [0.1, 0.15) is 0 Å². The van der Waals surface area contributed by atoms with Gasteiger partial charge in [-0.3, -0.25) is 14.8 Å². The molecule has 0 spiro atoms. The predicted molar refractivity (Wildman–Crippen MR) is 73.2 cm³/mol. The van der Waals surface area contributed by atoms with Gasteiger partial charge in [-0.25, -0.2) is 0 Å². The Hall–Kier alpha value is -1.36. The number of aromatic nitrogens is 2. The van der Waals surface area contributed by atoms with Crippen molar-refractivity contribution in [2.24, 2.45) is 0 Å². The van der Waals surface area contributed by atoms with Crippen molar-refractivity contribution in [3.05, 3.63) is 17.0 Å². The molecule has 0 radical (unpaired) electrons. The molecule has 1 atom stereocenters. The number of carbonyl (C=O) groups excluding carboxylic acids is 1. The fourth-order valence-corrected chi connectivity index (χ4v) is 3.36. The van der Waals surface area contributed by atoms with Crippen LogP contribution in [0.15, 0.2) is 0 Å². The van der Waals surface area contributed by atoms with Gasteiger partial charge < -0.3 is 4.90 Å². The van der Waals surface area contributed by atoms with Crippen LogP contribution in [-0.4, -0.2) is 58.1 Å². The molecule has 5 nitrogen and oxygen atoms in total. The molecule has 3 rings (SSSR count). The molecule has 1 unspecified atom stereocenters. The zero-order valence-corrected chi connectivity index (χ0v) is 11.8. The van der Waals surface area contributed by atoms with E-state index in [4.69, 9.17) is 0 Å². The molecule has 3 heterocycles. The molecule has 0 aliphatic carbocycles. The summed E-state index contributed by atoms with van der Waals surface area (Å²) in [7, 11) is 0. The van der Waals surface area contributed by atoms with E-state index in [1.807, 2.05) is 18.7 Å². The lowest BCUT2D eigenvalue weighted by molar-refractivity contribution is 0.0371. The summed E-state index contributed by atoms with van der Waals surface area (Å²) < 4.78 is 0. The van der Waals surface area contributed by atoms with Gasteiger partial charge in [-0.1, -0.05) is 6.42 Å². The van der Waals surface area contributed by atoms with E-state index in [0.717, 1.165) is 36.6 Å². The van der Waals surface area contributed by atoms with Crippen LogP contribution in [0.5, 0.6) is 0 Å². The minimum atomic E-state index is 0.147. The van der Waals surface area contributed by atoms with Crippen molar-refractivity contribution in [1.29, 1.82) is 0 Å².